The Kier molecular flexibility index (Phi) is 2.57. The van der Waals surface area contributed by atoms with Crippen LogP contribution in [0.25, 0.3) is 0 Å². The standard InChI is InChI=1S/C16H24O/c1-10-8-12-14(13(9-10)17-7)16(5,6)11(2)15(12,3)4/h8-9,11H,1-7H3. The van der Waals surface area contributed by atoms with Crippen molar-refractivity contribution in [2.45, 2.75) is 52.4 Å². The van der Waals surface area contributed by atoms with E-state index in [0.29, 0.717) is 5.92 Å². The molecule has 1 aliphatic rings. The second-order valence-corrected chi connectivity index (χ2v) is 6.55. The monoisotopic (exact) mass is 232 g/mol. The number of fused-ring (bicyclic) bond motifs is 1. The van der Waals surface area contributed by atoms with Crippen LogP contribution >= 0.6 is 0 Å². The molecular weight excluding hydrogens is 208 g/mol. The van der Waals surface area contributed by atoms with Crippen LogP contribution < -0.4 is 4.74 Å². The van der Waals surface area contributed by atoms with Crippen molar-refractivity contribution < 1.29 is 4.74 Å². The van der Waals surface area contributed by atoms with Crippen LogP contribution in [0.4, 0.5) is 0 Å². The molecule has 17 heavy (non-hydrogen) atoms. The second kappa shape index (κ2) is 3.51. The first kappa shape index (κ1) is 12.5. The number of rotatable bonds is 1. The molecule has 1 aliphatic carbocycles. The SMILES string of the molecule is COc1cc(C)cc2c1C(C)(C)C(C)C2(C)C. The van der Waals surface area contributed by atoms with Crippen molar-refractivity contribution in [2.75, 3.05) is 7.11 Å². The maximum atomic E-state index is 5.62. The summed E-state index contributed by atoms with van der Waals surface area (Å²) in [6, 6.07) is 4.50. The maximum Gasteiger partial charge on any atom is 0.123 e. The van der Waals surface area contributed by atoms with Crippen molar-refractivity contribution in [3.05, 3.63) is 28.8 Å². The lowest BCUT2D eigenvalue weighted by atomic mass is 9.71. The normalized spacial score (nSPS) is 24.5. The van der Waals surface area contributed by atoms with E-state index in [4.69, 9.17) is 4.74 Å². The highest BCUT2D eigenvalue weighted by Gasteiger charge is 2.50. The Balaban J connectivity index is 2.80. The molecule has 1 unspecified atom stereocenters. The Hall–Kier alpha value is -0.980. The van der Waals surface area contributed by atoms with Crippen molar-refractivity contribution in [3.8, 4) is 5.75 Å². The van der Waals surface area contributed by atoms with Gasteiger partial charge >= 0.3 is 0 Å². The lowest BCUT2D eigenvalue weighted by molar-refractivity contribution is 0.260. The number of benzene rings is 1. The third-order valence-electron chi connectivity index (χ3n) is 4.97. The molecule has 1 nitrogen and oxygen atoms in total. The summed E-state index contributed by atoms with van der Waals surface area (Å²) in [6.45, 7) is 13.9. The summed E-state index contributed by atoms with van der Waals surface area (Å²) in [6.07, 6.45) is 0. The molecular formula is C16H24O. The minimum atomic E-state index is 0.178. The highest BCUT2D eigenvalue weighted by atomic mass is 16.5. The first-order valence-corrected chi connectivity index (χ1v) is 6.42. The molecule has 0 aromatic heterocycles. The fourth-order valence-electron chi connectivity index (χ4n) is 3.44. The maximum absolute atomic E-state index is 5.62. The molecule has 0 aliphatic heterocycles. The third-order valence-corrected chi connectivity index (χ3v) is 4.97. The molecule has 0 heterocycles. The van der Waals surface area contributed by atoms with Crippen LogP contribution in [-0.4, -0.2) is 7.11 Å². The molecule has 0 radical (unpaired) electrons. The van der Waals surface area contributed by atoms with Gasteiger partial charge in [-0.2, -0.15) is 0 Å². The zero-order valence-electron chi connectivity index (χ0n) is 12.1. The van der Waals surface area contributed by atoms with Crippen LogP contribution in [0.1, 0.15) is 51.3 Å². The molecule has 1 aromatic carbocycles. The summed E-state index contributed by atoms with van der Waals surface area (Å²) in [5, 5.41) is 0. The Labute approximate surface area is 105 Å². The number of methoxy groups -OCH3 is 1. The van der Waals surface area contributed by atoms with Gasteiger partial charge in [-0.25, -0.2) is 0 Å². The number of ether oxygens (including phenoxy) is 1. The van der Waals surface area contributed by atoms with E-state index in [2.05, 4.69) is 53.7 Å². The number of hydrogen-bond donors (Lipinski definition) is 0. The van der Waals surface area contributed by atoms with Crippen LogP contribution in [0.5, 0.6) is 5.75 Å². The van der Waals surface area contributed by atoms with E-state index < -0.39 is 0 Å². The van der Waals surface area contributed by atoms with Gasteiger partial charge in [-0.15, -0.1) is 0 Å². The van der Waals surface area contributed by atoms with E-state index in [-0.39, 0.29) is 10.8 Å². The lowest BCUT2D eigenvalue weighted by Gasteiger charge is -2.32. The summed E-state index contributed by atoms with van der Waals surface area (Å²) >= 11 is 0. The smallest absolute Gasteiger partial charge is 0.123 e. The van der Waals surface area contributed by atoms with Gasteiger partial charge in [-0.3, -0.25) is 0 Å². The van der Waals surface area contributed by atoms with Crippen molar-refractivity contribution >= 4 is 0 Å². The Morgan fingerprint density at radius 1 is 1.06 bits per heavy atom. The summed E-state index contributed by atoms with van der Waals surface area (Å²) in [4.78, 5) is 0. The molecule has 0 fully saturated rings. The van der Waals surface area contributed by atoms with E-state index in [1.54, 1.807) is 7.11 Å². The molecule has 2 rings (SSSR count). The first-order chi connectivity index (χ1) is 7.72. The third kappa shape index (κ3) is 1.51. The topological polar surface area (TPSA) is 9.23 Å². The van der Waals surface area contributed by atoms with E-state index in [9.17, 15) is 0 Å². The van der Waals surface area contributed by atoms with Crippen molar-refractivity contribution in [3.63, 3.8) is 0 Å². The van der Waals surface area contributed by atoms with Gasteiger partial charge in [0.1, 0.15) is 5.75 Å². The van der Waals surface area contributed by atoms with Gasteiger partial charge in [0.05, 0.1) is 7.11 Å². The summed E-state index contributed by atoms with van der Waals surface area (Å²) in [5.74, 6) is 1.67. The van der Waals surface area contributed by atoms with Gasteiger partial charge < -0.3 is 4.74 Å². The lowest BCUT2D eigenvalue weighted by Crippen LogP contribution is -2.31. The van der Waals surface area contributed by atoms with E-state index >= 15 is 0 Å². The molecule has 0 amide bonds. The highest BCUT2D eigenvalue weighted by molar-refractivity contribution is 5.55. The summed E-state index contributed by atoms with van der Waals surface area (Å²) < 4.78 is 5.62. The fraction of sp³-hybridized carbons (Fsp3) is 0.625. The zero-order chi connectivity index (χ0) is 13.0. The minimum absolute atomic E-state index is 0.178. The molecule has 1 aromatic rings. The van der Waals surface area contributed by atoms with Crippen LogP contribution in [0.2, 0.25) is 0 Å². The molecule has 94 valence electrons. The summed E-state index contributed by atoms with van der Waals surface area (Å²) in [7, 11) is 1.78. The van der Waals surface area contributed by atoms with Crippen LogP contribution in [0.15, 0.2) is 12.1 Å². The van der Waals surface area contributed by atoms with Gasteiger partial charge in [-0.05, 0) is 40.9 Å². The highest BCUT2D eigenvalue weighted by Crippen LogP contribution is 2.56. The average Bonchev–Trinajstić information content (AvgIpc) is 2.37. The van der Waals surface area contributed by atoms with Crippen molar-refractivity contribution in [2.24, 2.45) is 5.92 Å². The Morgan fingerprint density at radius 2 is 1.65 bits per heavy atom. The van der Waals surface area contributed by atoms with Crippen molar-refractivity contribution in [1.82, 2.24) is 0 Å². The molecule has 1 atom stereocenters. The molecule has 0 spiro atoms. The fourth-order valence-corrected chi connectivity index (χ4v) is 3.44. The summed E-state index contributed by atoms with van der Waals surface area (Å²) in [5.41, 5.74) is 4.56. The predicted molar refractivity (Wildman–Crippen MR) is 72.9 cm³/mol. The molecule has 0 bridgehead atoms. The number of aryl methyl sites for hydroxylation is 1. The molecule has 1 heteroatoms. The minimum Gasteiger partial charge on any atom is -0.496 e. The zero-order valence-corrected chi connectivity index (χ0v) is 12.1. The number of hydrogen-bond acceptors (Lipinski definition) is 1. The molecule has 0 saturated carbocycles. The Morgan fingerprint density at radius 3 is 2.18 bits per heavy atom. The van der Waals surface area contributed by atoms with Crippen LogP contribution in [0, 0.1) is 12.8 Å². The van der Waals surface area contributed by atoms with E-state index in [1.807, 2.05) is 0 Å². The molecule has 0 saturated heterocycles. The van der Waals surface area contributed by atoms with Gasteiger partial charge in [0, 0.05) is 5.56 Å². The van der Waals surface area contributed by atoms with Gasteiger partial charge in [0.25, 0.3) is 0 Å². The molecule has 0 N–H and O–H groups in total. The Bertz CT molecular complexity index is 455. The first-order valence-electron chi connectivity index (χ1n) is 6.42. The predicted octanol–water partition coefficient (Wildman–Crippen LogP) is 4.21. The average molecular weight is 232 g/mol. The quantitative estimate of drug-likeness (QED) is 0.705. The van der Waals surface area contributed by atoms with Gasteiger partial charge in [0.15, 0.2) is 0 Å². The van der Waals surface area contributed by atoms with Crippen molar-refractivity contribution in [1.29, 1.82) is 0 Å². The van der Waals surface area contributed by atoms with E-state index in [1.165, 1.54) is 16.7 Å². The van der Waals surface area contributed by atoms with Gasteiger partial charge in [0.2, 0.25) is 0 Å². The van der Waals surface area contributed by atoms with Gasteiger partial charge in [-0.1, -0.05) is 40.7 Å². The second-order valence-electron chi connectivity index (χ2n) is 6.55. The van der Waals surface area contributed by atoms with E-state index in [0.717, 1.165) is 5.75 Å². The largest absolute Gasteiger partial charge is 0.496 e. The van der Waals surface area contributed by atoms with Crippen LogP contribution in [-0.2, 0) is 10.8 Å². The van der Waals surface area contributed by atoms with Crippen LogP contribution in [0.3, 0.4) is 0 Å².